The molecule has 0 aliphatic rings. The summed E-state index contributed by atoms with van der Waals surface area (Å²) >= 11 is 1.55. The second kappa shape index (κ2) is 7.35. The smallest absolute Gasteiger partial charge is 0.230 e. The molecule has 1 aromatic carbocycles. The first kappa shape index (κ1) is 14.1. The minimum Gasteiger partial charge on any atom is -0.355 e. The van der Waals surface area contributed by atoms with Crippen molar-refractivity contribution in [3.8, 4) is 0 Å². The first-order chi connectivity index (χ1) is 8.17. The lowest BCUT2D eigenvalue weighted by Gasteiger charge is -2.08. The maximum Gasteiger partial charge on any atom is 0.230 e. The lowest BCUT2D eigenvalue weighted by molar-refractivity contribution is -0.118. The van der Waals surface area contributed by atoms with Crippen LogP contribution in [0, 0.1) is 6.92 Å². The van der Waals surface area contributed by atoms with Gasteiger partial charge in [0.25, 0.3) is 0 Å². The molecule has 1 rings (SSSR count). The van der Waals surface area contributed by atoms with Gasteiger partial charge in [-0.1, -0.05) is 24.6 Å². The van der Waals surface area contributed by atoms with Crippen LogP contribution >= 0.6 is 11.8 Å². The Balaban J connectivity index is 2.54. The van der Waals surface area contributed by atoms with E-state index in [4.69, 9.17) is 5.73 Å². The van der Waals surface area contributed by atoms with E-state index in [9.17, 15) is 4.79 Å². The molecule has 0 bridgehead atoms. The molecule has 0 saturated carbocycles. The van der Waals surface area contributed by atoms with Crippen LogP contribution in [0.1, 0.15) is 24.5 Å². The van der Waals surface area contributed by atoms with Crippen LogP contribution in [0.25, 0.3) is 0 Å². The van der Waals surface area contributed by atoms with Crippen molar-refractivity contribution in [2.75, 3.05) is 12.3 Å². The highest BCUT2D eigenvalue weighted by atomic mass is 32.2. The summed E-state index contributed by atoms with van der Waals surface area (Å²) in [5.41, 5.74) is 8.00. The van der Waals surface area contributed by atoms with Crippen molar-refractivity contribution in [1.29, 1.82) is 0 Å². The Bertz CT molecular complexity index is 380. The first-order valence-corrected chi connectivity index (χ1v) is 6.85. The zero-order valence-electron chi connectivity index (χ0n) is 10.5. The number of benzene rings is 1. The minimum atomic E-state index is 0.0837. The zero-order valence-corrected chi connectivity index (χ0v) is 11.3. The third-order valence-corrected chi connectivity index (χ3v) is 3.48. The molecule has 94 valence electrons. The van der Waals surface area contributed by atoms with Crippen molar-refractivity contribution >= 4 is 17.7 Å². The van der Waals surface area contributed by atoms with Gasteiger partial charge in [0.2, 0.25) is 5.91 Å². The van der Waals surface area contributed by atoms with Gasteiger partial charge in [-0.2, -0.15) is 0 Å². The largest absolute Gasteiger partial charge is 0.355 e. The minimum absolute atomic E-state index is 0.0837. The van der Waals surface area contributed by atoms with Crippen LogP contribution in [-0.2, 0) is 11.3 Å². The van der Waals surface area contributed by atoms with Gasteiger partial charge in [0.05, 0.1) is 5.75 Å². The zero-order chi connectivity index (χ0) is 12.7. The fourth-order valence-electron chi connectivity index (χ4n) is 1.47. The third-order valence-electron chi connectivity index (χ3n) is 2.37. The molecule has 17 heavy (non-hydrogen) atoms. The summed E-state index contributed by atoms with van der Waals surface area (Å²) in [4.78, 5) is 12.6. The first-order valence-electron chi connectivity index (χ1n) is 5.86. The van der Waals surface area contributed by atoms with Crippen LogP contribution in [0.2, 0.25) is 0 Å². The van der Waals surface area contributed by atoms with Crippen molar-refractivity contribution in [2.24, 2.45) is 5.73 Å². The van der Waals surface area contributed by atoms with E-state index < -0.39 is 0 Å². The lowest BCUT2D eigenvalue weighted by Crippen LogP contribution is -2.25. The SMILES string of the molecule is CCCNC(=O)CSc1ccc(C)cc1CN. The predicted molar refractivity (Wildman–Crippen MR) is 73.1 cm³/mol. The number of hydrogen-bond donors (Lipinski definition) is 2. The Morgan fingerprint density at radius 3 is 2.88 bits per heavy atom. The molecule has 0 heterocycles. The molecule has 3 nitrogen and oxygen atoms in total. The Kier molecular flexibility index (Phi) is 6.08. The van der Waals surface area contributed by atoms with E-state index in [1.807, 2.05) is 26.0 Å². The molecule has 4 heteroatoms. The van der Waals surface area contributed by atoms with Gasteiger partial charge in [-0.3, -0.25) is 4.79 Å². The van der Waals surface area contributed by atoms with Crippen LogP contribution in [0.3, 0.4) is 0 Å². The molecule has 0 radical (unpaired) electrons. The molecule has 0 spiro atoms. The summed E-state index contributed by atoms with van der Waals surface area (Å²) in [6.45, 7) is 5.35. The molecule has 1 aromatic rings. The van der Waals surface area contributed by atoms with Crippen molar-refractivity contribution in [1.82, 2.24) is 5.32 Å². The summed E-state index contributed by atoms with van der Waals surface area (Å²) < 4.78 is 0. The van der Waals surface area contributed by atoms with Crippen LogP contribution in [0.5, 0.6) is 0 Å². The Hall–Kier alpha value is -1.00. The van der Waals surface area contributed by atoms with Gasteiger partial charge in [-0.15, -0.1) is 11.8 Å². The van der Waals surface area contributed by atoms with Gasteiger partial charge < -0.3 is 11.1 Å². The highest BCUT2D eigenvalue weighted by Crippen LogP contribution is 2.23. The number of thioether (sulfide) groups is 1. The number of carbonyl (C=O) groups excluding carboxylic acids is 1. The van der Waals surface area contributed by atoms with Gasteiger partial charge in [0, 0.05) is 18.0 Å². The number of rotatable bonds is 6. The number of nitrogens with two attached hydrogens (primary N) is 1. The average Bonchev–Trinajstić information content (AvgIpc) is 2.34. The van der Waals surface area contributed by atoms with E-state index in [1.165, 1.54) is 5.56 Å². The molecule has 0 aromatic heterocycles. The van der Waals surface area contributed by atoms with E-state index in [1.54, 1.807) is 11.8 Å². The second-order valence-electron chi connectivity index (χ2n) is 3.95. The predicted octanol–water partition coefficient (Wildman–Crippen LogP) is 2.07. The Morgan fingerprint density at radius 2 is 2.24 bits per heavy atom. The number of carbonyl (C=O) groups is 1. The molecule has 0 fully saturated rings. The number of nitrogens with one attached hydrogen (secondary N) is 1. The summed E-state index contributed by atoms with van der Waals surface area (Å²) in [6.07, 6.45) is 0.967. The van der Waals surface area contributed by atoms with Gasteiger partial charge in [0.1, 0.15) is 0 Å². The van der Waals surface area contributed by atoms with Crippen LogP contribution < -0.4 is 11.1 Å². The average molecular weight is 252 g/mol. The van der Waals surface area contributed by atoms with Crippen molar-refractivity contribution < 1.29 is 4.79 Å². The molecular weight excluding hydrogens is 232 g/mol. The summed E-state index contributed by atoms with van der Waals surface area (Å²) in [6, 6.07) is 6.16. The molecule has 0 aliphatic carbocycles. The molecular formula is C13H20N2OS. The third kappa shape index (κ3) is 4.79. The standard InChI is InChI=1S/C13H20N2OS/c1-3-6-15-13(16)9-17-12-5-4-10(2)7-11(12)8-14/h4-5,7H,3,6,8-9,14H2,1-2H3,(H,15,16). The summed E-state index contributed by atoms with van der Waals surface area (Å²) in [5.74, 6) is 0.538. The van der Waals surface area contributed by atoms with Crippen molar-refractivity contribution in [3.63, 3.8) is 0 Å². The fourth-order valence-corrected chi connectivity index (χ4v) is 2.35. The second-order valence-corrected chi connectivity index (χ2v) is 4.97. The molecule has 0 unspecified atom stereocenters. The van der Waals surface area contributed by atoms with Gasteiger partial charge in [0.15, 0.2) is 0 Å². The van der Waals surface area contributed by atoms with Gasteiger partial charge in [-0.25, -0.2) is 0 Å². The van der Waals surface area contributed by atoms with E-state index in [2.05, 4.69) is 11.4 Å². The maximum absolute atomic E-state index is 11.5. The Morgan fingerprint density at radius 1 is 1.47 bits per heavy atom. The molecule has 0 saturated heterocycles. The topological polar surface area (TPSA) is 55.1 Å². The summed E-state index contributed by atoms with van der Waals surface area (Å²) in [5, 5.41) is 2.86. The lowest BCUT2D eigenvalue weighted by atomic mass is 10.1. The molecule has 1 amide bonds. The van der Waals surface area contributed by atoms with Crippen molar-refractivity contribution in [2.45, 2.75) is 31.7 Å². The van der Waals surface area contributed by atoms with Crippen molar-refractivity contribution in [3.05, 3.63) is 29.3 Å². The van der Waals surface area contributed by atoms with E-state index in [0.717, 1.165) is 23.4 Å². The molecule has 0 aliphatic heterocycles. The van der Waals surface area contributed by atoms with E-state index in [-0.39, 0.29) is 5.91 Å². The highest BCUT2D eigenvalue weighted by molar-refractivity contribution is 8.00. The highest BCUT2D eigenvalue weighted by Gasteiger charge is 2.05. The monoisotopic (exact) mass is 252 g/mol. The Labute approximate surface area is 107 Å². The summed E-state index contributed by atoms with van der Waals surface area (Å²) in [7, 11) is 0. The van der Waals surface area contributed by atoms with Crippen LogP contribution in [-0.4, -0.2) is 18.2 Å². The maximum atomic E-state index is 11.5. The number of hydrogen-bond acceptors (Lipinski definition) is 3. The molecule has 0 atom stereocenters. The quantitative estimate of drug-likeness (QED) is 0.762. The van der Waals surface area contributed by atoms with Crippen LogP contribution in [0.4, 0.5) is 0 Å². The van der Waals surface area contributed by atoms with Gasteiger partial charge in [-0.05, 0) is 25.0 Å². The molecule has 3 N–H and O–H groups in total. The van der Waals surface area contributed by atoms with Crippen LogP contribution in [0.15, 0.2) is 23.1 Å². The fraction of sp³-hybridized carbons (Fsp3) is 0.462. The van der Waals surface area contributed by atoms with Gasteiger partial charge >= 0.3 is 0 Å². The normalized spacial score (nSPS) is 10.3. The van der Waals surface area contributed by atoms with E-state index >= 15 is 0 Å². The number of amides is 1. The number of aryl methyl sites for hydroxylation is 1. The van der Waals surface area contributed by atoms with E-state index in [0.29, 0.717) is 12.3 Å².